The van der Waals surface area contributed by atoms with Gasteiger partial charge in [0.1, 0.15) is 11.8 Å². The zero-order valence-corrected chi connectivity index (χ0v) is 10.7. The van der Waals surface area contributed by atoms with Crippen LogP contribution >= 0.6 is 0 Å². The van der Waals surface area contributed by atoms with Gasteiger partial charge in [-0.25, -0.2) is 4.98 Å². The lowest BCUT2D eigenvalue weighted by atomic mass is 10.2. The minimum atomic E-state index is -4.50. The van der Waals surface area contributed by atoms with E-state index in [9.17, 15) is 13.2 Å². The topological polar surface area (TPSA) is 70.6 Å². The van der Waals surface area contributed by atoms with Crippen LogP contribution in [-0.2, 0) is 19.3 Å². The predicted molar refractivity (Wildman–Crippen MR) is 65.0 cm³/mol. The van der Waals surface area contributed by atoms with Gasteiger partial charge in [0.2, 0.25) is 5.82 Å². The summed E-state index contributed by atoms with van der Waals surface area (Å²) < 4.78 is 39.3. The third-order valence-electron chi connectivity index (χ3n) is 3.23. The van der Waals surface area contributed by atoms with Gasteiger partial charge in [-0.3, -0.25) is 0 Å². The highest BCUT2D eigenvalue weighted by Crippen LogP contribution is 2.30. The normalized spacial score (nSPS) is 14.7. The second-order valence-electron chi connectivity index (χ2n) is 4.52. The standard InChI is InChI=1S/C12H9F3N6/c13-12(14,15)11-19-18-10-7-20(3-4-21(10)11)9-1-2-17-8(5-9)6-16/h1-2,5H,3-4,7H2. The summed E-state index contributed by atoms with van der Waals surface area (Å²) in [5.41, 5.74) is 0.986. The molecule has 21 heavy (non-hydrogen) atoms. The van der Waals surface area contributed by atoms with Crippen molar-refractivity contribution in [2.24, 2.45) is 0 Å². The molecule has 1 aliphatic rings. The highest BCUT2D eigenvalue weighted by Gasteiger charge is 2.39. The van der Waals surface area contributed by atoms with Crippen LogP contribution in [0.15, 0.2) is 18.3 Å². The van der Waals surface area contributed by atoms with Crippen molar-refractivity contribution in [1.29, 1.82) is 5.26 Å². The predicted octanol–water partition coefficient (Wildman–Crippen LogP) is 1.58. The van der Waals surface area contributed by atoms with E-state index in [1.807, 2.05) is 11.0 Å². The zero-order valence-electron chi connectivity index (χ0n) is 10.7. The number of pyridine rings is 1. The molecule has 0 spiro atoms. The fourth-order valence-electron chi connectivity index (χ4n) is 2.27. The van der Waals surface area contributed by atoms with Gasteiger partial charge in [-0.1, -0.05) is 0 Å². The largest absolute Gasteiger partial charge is 0.451 e. The Morgan fingerprint density at radius 2 is 2.05 bits per heavy atom. The maximum Gasteiger partial charge on any atom is 0.451 e. The van der Waals surface area contributed by atoms with Crippen LogP contribution < -0.4 is 4.90 Å². The van der Waals surface area contributed by atoms with E-state index in [0.717, 1.165) is 10.3 Å². The minimum Gasteiger partial charge on any atom is -0.362 e. The number of alkyl halides is 3. The number of aromatic nitrogens is 4. The second kappa shape index (κ2) is 4.73. The van der Waals surface area contributed by atoms with Gasteiger partial charge < -0.3 is 9.47 Å². The Kier molecular flexibility index (Phi) is 3.01. The van der Waals surface area contributed by atoms with Crippen LogP contribution in [0.3, 0.4) is 0 Å². The monoisotopic (exact) mass is 294 g/mol. The van der Waals surface area contributed by atoms with Crippen molar-refractivity contribution in [3.05, 3.63) is 35.7 Å². The molecule has 0 saturated heterocycles. The molecule has 0 N–H and O–H groups in total. The molecule has 6 nitrogen and oxygen atoms in total. The van der Waals surface area contributed by atoms with Crippen LogP contribution in [0, 0.1) is 11.3 Å². The number of hydrogen-bond donors (Lipinski definition) is 0. The number of nitriles is 1. The second-order valence-corrected chi connectivity index (χ2v) is 4.52. The lowest BCUT2D eigenvalue weighted by molar-refractivity contribution is -0.147. The van der Waals surface area contributed by atoms with Crippen LogP contribution in [0.5, 0.6) is 0 Å². The Bertz CT molecular complexity index is 715. The molecule has 0 aromatic carbocycles. The van der Waals surface area contributed by atoms with Gasteiger partial charge >= 0.3 is 6.18 Å². The summed E-state index contributed by atoms with van der Waals surface area (Å²) in [5, 5.41) is 15.7. The van der Waals surface area contributed by atoms with Gasteiger partial charge in [-0.05, 0) is 12.1 Å². The van der Waals surface area contributed by atoms with Gasteiger partial charge in [-0.2, -0.15) is 18.4 Å². The summed E-state index contributed by atoms with van der Waals surface area (Å²) in [6.45, 7) is 0.725. The molecule has 0 unspecified atom stereocenters. The van der Waals surface area contributed by atoms with Gasteiger partial charge in [-0.15, -0.1) is 10.2 Å². The first kappa shape index (κ1) is 13.4. The molecule has 2 aromatic heterocycles. The fraction of sp³-hybridized carbons (Fsp3) is 0.333. The molecule has 0 aliphatic carbocycles. The molecular weight excluding hydrogens is 285 g/mol. The number of rotatable bonds is 1. The molecule has 108 valence electrons. The van der Waals surface area contributed by atoms with Crippen LogP contribution in [0.25, 0.3) is 0 Å². The van der Waals surface area contributed by atoms with Crippen molar-refractivity contribution in [3.8, 4) is 6.07 Å². The van der Waals surface area contributed by atoms with E-state index in [1.165, 1.54) is 6.20 Å². The van der Waals surface area contributed by atoms with Crippen LogP contribution in [-0.4, -0.2) is 26.3 Å². The first-order valence-electron chi connectivity index (χ1n) is 6.09. The van der Waals surface area contributed by atoms with Crippen molar-refractivity contribution >= 4 is 5.69 Å². The smallest absolute Gasteiger partial charge is 0.362 e. The van der Waals surface area contributed by atoms with Crippen molar-refractivity contribution in [1.82, 2.24) is 19.7 Å². The Balaban J connectivity index is 1.89. The third kappa shape index (κ3) is 2.40. The highest BCUT2D eigenvalue weighted by atomic mass is 19.4. The van der Waals surface area contributed by atoms with Crippen LogP contribution in [0.2, 0.25) is 0 Å². The summed E-state index contributed by atoms with van der Waals surface area (Å²) in [6.07, 6.45) is -3.01. The molecule has 0 radical (unpaired) electrons. The summed E-state index contributed by atoms with van der Waals surface area (Å²) >= 11 is 0. The Labute approximate surface area is 117 Å². The van der Waals surface area contributed by atoms with E-state index >= 15 is 0 Å². The van der Waals surface area contributed by atoms with E-state index in [0.29, 0.717) is 6.54 Å². The molecule has 3 rings (SSSR count). The Morgan fingerprint density at radius 3 is 2.76 bits per heavy atom. The number of halogens is 3. The fourth-order valence-corrected chi connectivity index (χ4v) is 2.27. The Morgan fingerprint density at radius 1 is 1.24 bits per heavy atom. The quantitative estimate of drug-likeness (QED) is 0.798. The number of anilines is 1. The third-order valence-corrected chi connectivity index (χ3v) is 3.23. The number of nitrogens with zero attached hydrogens (tertiary/aromatic N) is 6. The summed E-state index contributed by atoms with van der Waals surface area (Å²) in [7, 11) is 0. The van der Waals surface area contributed by atoms with Crippen LogP contribution in [0.1, 0.15) is 17.3 Å². The molecule has 1 aliphatic heterocycles. The molecule has 0 saturated carbocycles. The lowest BCUT2D eigenvalue weighted by Gasteiger charge is -2.29. The van der Waals surface area contributed by atoms with E-state index in [1.54, 1.807) is 12.1 Å². The number of fused-ring (bicyclic) bond motifs is 1. The van der Waals surface area contributed by atoms with Crippen molar-refractivity contribution in [2.75, 3.05) is 11.4 Å². The van der Waals surface area contributed by atoms with E-state index < -0.39 is 12.0 Å². The lowest BCUT2D eigenvalue weighted by Crippen LogP contribution is -2.35. The summed E-state index contributed by atoms with van der Waals surface area (Å²) in [4.78, 5) is 5.70. The maximum absolute atomic E-state index is 12.7. The van der Waals surface area contributed by atoms with E-state index in [4.69, 9.17) is 5.26 Å². The van der Waals surface area contributed by atoms with Gasteiger partial charge in [0.05, 0.1) is 6.54 Å². The molecule has 3 heterocycles. The number of hydrogen-bond acceptors (Lipinski definition) is 5. The molecule has 0 fully saturated rings. The highest BCUT2D eigenvalue weighted by molar-refractivity contribution is 5.49. The molecule has 2 aromatic rings. The molecule has 0 bridgehead atoms. The van der Waals surface area contributed by atoms with E-state index in [2.05, 4.69) is 15.2 Å². The van der Waals surface area contributed by atoms with Crippen molar-refractivity contribution in [3.63, 3.8) is 0 Å². The van der Waals surface area contributed by atoms with Gasteiger partial charge in [0.25, 0.3) is 0 Å². The average Bonchev–Trinajstić information content (AvgIpc) is 2.90. The summed E-state index contributed by atoms with van der Waals surface area (Å²) in [5.74, 6) is -0.714. The average molecular weight is 294 g/mol. The molecular formula is C12H9F3N6. The van der Waals surface area contributed by atoms with E-state index in [-0.39, 0.29) is 24.6 Å². The first-order valence-corrected chi connectivity index (χ1v) is 6.09. The zero-order chi connectivity index (χ0) is 15.0. The van der Waals surface area contributed by atoms with Gasteiger partial charge in [0.15, 0.2) is 5.82 Å². The first-order chi connectivity index (χ1) is 9.99. The van der Waals surface area contributed by atoms with Crippen LogP contribution in [0.4, 0.5) is 18.9 Å². The molecule has 0 amide bonds. The van der Waals surface area contributed by atoms with Gasteiger partial charge in [0, 0.05) is 25.0 Å². The Hall–Kier alpha value is -2.63. The SMILES string of the molecule is N#Cc1cc(N2CCn3c(nnc3C(F)(F)F)C2)ccn1. The maximum atomic E-state index is 12.7. The van der Waals surface area contributed by atoms with Crippen molar-refractivity contribution in [2.45, 2.75) is 19.3 Å². The minimum absolute atomic E-state index is 0.140. The van der Waals surface area contributed by atoms with Crippen molar-refractivity contribution < 1.29 is 13.2 Å². The summed E-state index contributed by atoms with van der Waals surface area (Å²) in [6, 6.07) is 5.23. The molecule has 9 heteroatoms. The molecule has 0 atom stereocenters.